The highest BCUT2D eigenvalue weighted by Crippen LogP contribution is 2.22. The standard InChI is InChI=1S/C11H17N3O4S.ClH/c12-19(17,18)14-6-3-9(10(14)11(15)16)7-8-1-4-13-5-2-8;/h3,6,8,13H,1-2,4-5,7H2,(H,15,16)(H2,12,17,18);1H. The van der Waals surface area contributed by atoms with Crippen molar-refractivity contribution in [1.82, 2.24) is 9.29 Å². The molecule has 7 nitrogen and oxygen atoms in total. The number of piperidine rings is 1. The second-order valence-corrected chi connectivity index (χ2v) is 6.16. The van der Waals surface area contributed by atoms with Crippen LogP contribution in [0.15, 0.2) is 12.3 Å². The number of nitrogens with two attached hydrogens (primary N) is 1. The summed E-state index contributed by atoms with van der Waals surface area (Å²) in [7, 11) is -4.07. The van der Waals surface area contributed by atoms with Crippen LogP contribution in [0.5, 0.6) is 0 Å². The predicted molar refractivity (Wildman–Crippen MR) is 76.4 cm³/mol. The average Bonchev–Trinajstić information content (AvgIpc) is 2.74. The van der Waals surface area contributed by atoms with Crippen LogP contribution in [-0.2, 0) is 16.6 Å². The molecule has 0 saturated carbocycles. The quantitative estimate of drug-likeness (QED) is 0.732. The zero-order valence-corrected chi connectivity index (χ0v) is 12.4. The predicted octanol–water partition coefficient (Wildman–Crippen LogP) is 0.202. The molecule has 9 heteroatoms. The third-order valence-corrected chi connectivity index (χ3v) is 4.23. The molecule has 2 rings (SSSR count). The summed E-state index contributed by atoms with van der Waals surface area (Å²) in [5.41, 5.74) is 0.273. The Morgan fingerprint density at radius 3 is 2.55 bits per heavy atom. The van der Waals surface area contributed by atoms with Crippen molar-refractivity contribution in [3.8, 4) is 0 Å². The Balaban J connectivity index is 0.00000200. The highest BCUT2D eigenvalue weighted by atomic mass is 35.5. The van der Waals surface area contributed by atoms with Crippen molar-refractivity contribution in [2.24, 2.45) is 11.1 Å². The maximum Gasteiger partial charge on any atom is 0.353 e. The van der Waals surface area contributed by atoms with Gasteiger partial charge in [-0.3, -0.25) is 0 Å². The van der Waals surface area contributed by atoms with Crippen molar-refractivity contribution in [3.63, 3.8) is 0 Å². The summed E-state index contributed by atoms with van der Waals surface area (Å²) in [6.45, 7) is 1.81. The van der Waals surface area contributed by atoms with Crippen molar-refractivity contribution < 1.29 is 18.3 Å². The lowest BCUT2D eigenvalue weighted by Crippen LogP contribution is -2.29. The van der Waals surface area contributed by atoms with Crippen LogP contribution in [0.4, 0.5) is 0 Å². The minimum absolute atomic E-state index is 0. The molecule has 1 aromatic rings. The highest BCUT2D eigenvalue weighted by Gasteiger charge is 2.24. The second kappa shape index (κ2) is 6.57. The van der Waals surface area contributed by atoms with Crippen LogP contribution >= 0.6 is 12.4 Å². The first-order valence-corrected chi connectivity index (χ1v) is 7.57. The van der Waals surface area contributed by atoms with Crippen LogP contribution in [0.2, 0.25) is 0 Å². The van der Waals surface area contributed by atoms with E-state index in [9.17, 15) is 18.3 Å². The summed E-state index contributed by atoms with van der Waals surface area (Å²) in [5, 5.41) is 17.4. The smallest absolute Gasteiger partial charge is 0.353 e. The summed E-state index contributed by atoms with van der Waals surface area (Å²) < 4.78 is 23.3. The molecular weight excluding hydrogens is 306 g/mol. The zero-order chi connectivity index (χ0) is 14.0. The van der Waals surface area contributed by atoms with E-state index in [1.54, 1.807) is 0 Å². The average molecular weight is 324 g/mol. The summed E-state index contributed by atoms with van der Waals surface area (Å²) in [6, 6.07) is 1.52. The molecule has 0 atom stereocenters. The Kier molecular flexibility index (Phi) is 5.58. The topological polar surface area (TPSA) is 114 Å². The SMILES string of the molecule is Cl.NS(=O)(=O)n1ccc(CC2CCNCC2)c1C(=O)O. The number of aromatic nitrogens is 1. The molecule has 0 aliphatic carbocycles. The van der Waals surface area contributed by atoms with Crippen LogP contribution in [0.25, 0.3) is 0 Å². The number of hydrogen-bond donors (Lipinski definition) is 3. The summed E-state index contributed by atoms with van der Waals surface area (Å²) >= 11 is 0. The van der Waals surface area contributed by atoms with Gasteiger partial charge in [-0.2, -0.15) is 8.42 Å². The molecule has 0 unspecified atom stereocenters. The maximum atomic E-state index is 11.3. The fraction of sp³-hybridized carbons (Fsp3) is 0.545. The fourth-order valence-electron chi connectivity index (χ4n) is 2.46. The molecule has 4 N–H and O–H groups in total. The van der Waals surface area contributed by atoms with Crippen LogP contribution in [0.3, 0.4) is 0 Å². The lowest BCUT2D eigenvalue weighted by atomic mass is 9.91. The van der Waals surface area contributed by atoms with Gasteiger partial charge in [-0.25, -0.2) is 13.9 Å². The van der Waals surface area contributed by atoms with E-state index in [1.165, 1.54) is 12.3 Å². The first-order valence-electron chi connectivity index (χ1n) is 6.07. The Morgan fingerprint density at radius 1 is 1.45 bits per heavy atom. The van der Waals surface area contributed by atoms with Gasteiger partial charge in [0.2, 0.25) is 0 Å². The maximum absolute atomic E-state index is 11.3. The molecule has 0 amide bonds. The monoisotopic (exact) mass is 323 g/mol. The van der Waals surface area contributed by atoms with Gasteiger partial charge in [0.15, 0.2) is 0 Å². The van der Waals surface area contributed by atoms with E-state index in [0.29, 0.717) is 21.9 Å². The van der Waals surface area contributed by atoms with E-state index in [4.69, 9.17) is 5.14 Å². The number of aromatic carboxylic acids is 1. The Labute approximate surface area is 123 Å². The zero-order valence-electron chi connectivity index (χ0n) is 10.8. The van der Waals surface area contributed by atoms with Gasteiger partial charge in [-0.1, -0.05) is 0 Å². The van der Waals surface area contributed by atoms with Crippen LogP contribution < -0.4 is 10.5 Å². The van der Waals surface area contributed by atoms with Crippen molar-refractivity contribution in [2.75, 3.05) is 13.1 Å². The molecule has 1 saturated heterocycles. The molecular formula is C11H18ClN3O4S. The molecule has 2 heterocycles. The van der Waals surface area contributed by atoms with E-state index in [-0.39, 0.29) is 18.1 Å². The number of rotatable bonds is 4. The van der Waals surface area contributed by atoms with Crippen molar-refractivity contribution in [2.45, 2.75) is 19.3 Å². The minimum Gasteiger partial charge on any atom is -0.477 e. The molecule has 1 aliphatic rings. The number of carbonyl (C=O) groups is 1. The first kappa shape index (κ1) is 17.0. The lowest BCUT2D eigenvalue weighted by molar-refractivity contribution is 0.0687. The fourth-order valence-corrected chi connectivity index (χ4v) is 3.14. The number of halogens is 1. The minimum atomic E-state index is -4.07. The molecule has 0 radical (unpaired) electrons. The van der Waals surface area contributed by atoms with Crippen molar-refractivity contribution in [3.05, 3.63) is 23.5 Å². The lowest BCUT2D eigenvalue weighted by Gasteiger charge is -2.22. The van der Waals surface area contributed by atoms with Crippen molar-refractivity contribution in [1.29, 1.82) is 0 Å². The molecule has 114 valence electrons. The summed E-state index contributed by atoms with van der Waals surface area (Å²) in [6.07, 6.45) is 3.68. The third-order valence-electron chi connectivity index (χ3n) is 3.38. The number of nitrogens with zero attached hydrogens (tertiary/aromatic N) is 1. The molecule has 1 aromatic heterocycles. The largest absolute Gasteiger partial charge is 0.477 e. The van der Waals surface area contributed by atoms with E-state index in [1.807, 2.05) is 0 Å². The molecule has 20 heavy (non-hydrogen) atoms. The molecule has 0 bridgehead atoms. The molecule has 0 aromatic carbocycles. The van der Waals surface area contributed by atoms with Gasteiger partial charge in [0.1, 0.15) is 5.69 Å². The van der Waals surface area contributed by atoms with E-state index in [2.05, 4.69) is 5.32 Å². The van der Waals surface area contributed by atoms with Gasteiger partial charge < -0.3 is 10.4 Å². The van der Waals surface area contributed by atoms with Gasteiger partial charge >= 0.3 is 16.2 Å². The number of nitrogens with one attached hydrogen (secondary N) is 1. The number of hydrogen-bond acceptors (Lipinski definition) is 4. The molecule has 0 spiro atoms. The summed E-state index contributed by atoms with van der Waals surface area (Å²) in [5.74, 6) is -0.904. The number of carboxylic acid groups (broad SMARTS) is 1. The van der Waals surface area contributed by atoms with E-state index >= 15 is 0 Å². The van der Waals surface area contributed by atoms with Crippen LogP contribution in [0, 0.1) is 5.92 Å². The Bertz CT molecular complexity index is 578. The third kappa shape index (κ3) is 3.72. The number of carboxylic acids is 1. The van der Waals surface area contributed by atoms with Gasteiger partial charge in [-0.15, -0.1) is 12.4 Å². The highest BCUT2D eigenvalue weighted by molar-refractivity contribution is 7.87. The second-order valence-electron chi connectivity index (χ2n) is 4.73. The Morgan fingerprint density at radius 2 is 2.05 bits per heavy atom. The normalized spacial score (nSPS) is 16.6. The van der Waals surface area contributed by atoms with Crippen LogP contribution in [-0.4, -0.2) is 36.6 Å². The van der Waals surface area contributed by atoms with Gasteiger partial charge in [0.25, 0.3) is 0 Å². The van der Waals surface area contributed by atoms with Crippen LogP contribution in [0.1, 0.15) is 28.9 Å². The molecule has 1 fully saturated rings. The first-order chi connectivity index (χ1) is 8.89. The van der Waals surface area contributed by atoms with Gasteiger partial charge in [0.05, 0.1) is 0 Å². The van der Waals surface area contributed by atoms with Gasteiger partial charge in [-0.05, 0) is 49.9 Å². The van der Waals surface area contributed by atoms with E-state index < -0.39 is 16.2 Å². The summed E-state index contributed by atoms with van der Waals surface area (Å²) in [4.78, 5) is 11.2. The Hall–Kier alpha value is -1.09. The van der Waals surface area contributed by atoms with Gasteiger partial charge in [0, 0.05) is 6.20 Å². The van der Waals surface area contributed by atoms with Crippen molar-refractivity contribution >= 4 is 28.6 Å². The van der Waals surface area contributed by atoms with E-state index in [0.717, 1.165) is 25.9 Å². The molecule has 1 aliphatic heterocycles.